The summed E-state index contributed by atoms with van der Waals surface area (Å²) in [6.07, 6.45) is 0.888. The van der Waals surface area contributed by atoms with E-state index in [0.29, 0.717) is 10.4 Å². The van der Waals surface area contributed by atoms with Crippen molar-refractivity contribution in [3.8, 4) is 0 Å². The Morgan fingerprint density at radius 1 is 1.00 bits per heavy atom. The number of thiophene rings is 1. The Balaban J connectivity index is 1.94. The van der Waals surface area contributed by atoms with Crippen LogP contribution in [0.4, 0.5) is 0 Å². The third-order valence-electron chi connectivity index (χ3n) is 3.90. The highest BCUT2D eigenvalue weighted by Gasteiger charge is 2.25. The van der Waals surface area contributed by atoms with Gasteiger partial charge in [-0.1, -0.05) is 39.0 Å². The van der Waals surface area contributed by atoms with E-state index in [0.717, 1.165) is 12.0 Å². The number of rotatable bonds is 6. The molecule has 0 radical (unpaired) electrons. The smallest absolute Gasteiger partial charge is 0.269 e. The van der Waals surface area contributed by atoms with Gasteiger partial charge in [0.25, 0.3) is 17.7 Å². The zero-order valence-corrected chi connectivity index (χ0v) is 15.9. The lowest BCUT2D eigenvalue weighted by Crippen LogP contribution is -2.54. The highest BCUT2D eigenvalue weighted by Crippen LogP contribution is 2.10. The lowest BCUT2D eigenvalue weighted by molar-refractivity contribution is -0.124. The van der Waals surface area contributed by atoms with E-state index in [1.54, 1.807) is 29.6 Å². The second-order valence-electron chi connectivity index (χ2n) is 6.17. The molecule has 2 aromatic rings. The third-order valence-corrected chi connectivity index (χ3v) is 4.77. The van der Waals surface area contributed by atoms with E-state index >= 15 is 0 Å². The van der Waals surface area contributed by atoms with Crippen LogP contribution in [0.5, 0.6) is 0 Å². The van der Waals surface area contributed by atoms with E-state index in [1.165, 1.54) is 11.3 Å². The van der Waals surface area contributed by atoms with Crippen LogP contribution in [-0.2, 0) is 11.2 Å². The van der Waals surface area contributed by atoms with E-state index in [1.807, 2.05) is 32.9 Å². The average molecular weight is 373 g/mol. The second kappa shape index (κ2) is 9.15. The Bertz CT molecular complexity index is 755. The fraction of sp³-hybridized carbons (Fsp3) is 0.316. The minimum Gasteiger partial charge on any atom is -0.339 e. The molecule has 0 saturated carbocycles. The van der Waals surface area contributed by atoms with E-state index in [4.69, 9.17) is 0 Å². The Morgan fingerprint density at radius 2 is 1.69 bits per heavy atom. The molecular weight excluding hydrogens is 350 g/mol. The number of carbonyl (C=O) groups is 3. The molecule has 1 aromatic carbocycles. The fourth-order valence-corrected chi connectivity index (χ4v) is 2.94. The van der Waals surface area contributed by atoms with Crippen LogP contribution >= 0.6 is 11.3 Å². The van der Waals surface area contributed by atoms with Crippen molar-refractivity contribution in [3.63, 3.8) is 0 Å². The number of carbonyl (C=O) groups excluding carboxylic acids is 3. The summed E-state index contributed by atoms with van der Waals surface area (Å²) in [6, 6.07) is 9.86. The van der Waals surface area contributed by atoms with Crippen molar-refractivity contribution in [1.29, 1.82) is 0 Å². The second-order valence-corrected chi connectivity index (χ2v) is 7.11. The summed E-state index contributed by atoms with van der Waals surface area (Å²) >= 11 is 1.30. The minimum atomic E-state index is -0.757. The normalized spacial score (nSPS) is 11.7. The van der Waals surface area contributed by atoms with Crippen LogP contribution in [0.15, 0.2) is 41.8 Å². The molecule has 0 aliphatic heterocycles. The fourth-order valence-electron chi connectivity index (χ4n) is 2.32. The number of aryl methyl sites for hydroxylation is 1. The molecule has 1 aromatic heterocycles. The molecule has 1 unspecified atom stereocenters. The molecule has 3 N–H and O–H groups in total. The molecule has 1 atom stereocenters. The Hall–Kier alpha value is -2.67. The molecule has 0 bridgehead atoms. The van der Waals surface area contributed by atoms with Gasteiger partial charge in [0.1, 0.15) is 6.04 Å². The molecule has 0 fully saturated rings. The van der Waals surface area contributed by atoms with E-state index in [9.17, 15) is 14.4 Å². The molecular formula is C19H23N3O3S. The average Bonchev–Trinajstić information content (AvgIpc) is 3.18. The van der Waals surface area contributed by atoms with Gasteiger partial charge in [-0.15, -0.1) is 11.3 Å². The summed E-state index contributed by atoms with van der Waals surface area (Å²) in [5.41, 5.74) is 6.36. The Labute approximate surface area is 157 Å². The number of benzene rings is 1. The van der Waals surface area contributed by atoms with Crippen LogP contribution in [0.2, 0.25) is 0 Å². The lowest BCUT2D eigenvalue weighted by Gasteiger charge is -2.21. The number of hydrazine groups is 1. The van der Waals surface area contributed by atoms with Gasteiger partial charge in [0.2, 0.25) is 0 Å². The van der Waals surface area contributed by atoms with Crippen LogP contribution in [0.1, 0.15) is 46.4 Å². The van der Waals surface area contributed by atoms with Gasteiger partial charge >= 0.3 is 0 Å². The quantitative estimate of drug-likeness (QED) is 0.680. The van der Waals surface area contributed by atoms with Crippen LogP contribution in [0.25, 0.3) is 0 Å². The number of hydrogen-bond acceptors (Lipinski definition) is 4. The highest BCUT2D eigenvalue weighted by molar-refractivity contribution is 7.12. The van der Waals surface area contributed by atoms with Gasteiger partial charge in [-0.3, -0.25) is 25.2 Å². The Morgan fingerprint density at radius 3 is 2.23 bits per heavy atom. The zero-order valence-electron chi connectivity index (χ0n) is 15.0. The van der Waals surface area contributed by atoms with Crippen molar-refractivity contribution >= 4 is 29.1 Å². The highest BCUT2D eigenvalue weighted by atomic mass is 32.1. The largest absolute Gasteiger partial charge is 0.339 e. The number of hydrogen-bond donors (Lipinski definition) is 3. The van der Waals surface area contributed by atoms with Crippen molar-refractivity contribution < 1.29 is 14.4 Å². The van der Waals surface area contributed by atoms with E-state index < -0.39 is 17.9 Å². The topological polar surface area (TPSA) is 87.3 Å². The maximum Gasteiger partial charge on any atom is 0.269 e. The molecule has 0 saturated heterocycles. The van der Waals surface area contributed by atoms with Crippen molar-refractivity contribution in [2.45, 2.75) is 33.2 Å². The molecule has 0 aliphatic carbocycles. The third kappa shape index (κ3) is 5.16. The van der Waals surface area contributed by atoms with Gasteiger partial charge in [0.05, 0.1) is 4.88 Å². The monoisotopic (exact) mass is 373 g/mol. The molecule has 3 amide bonds. The van der Waals surface area contributed by atoms with Gasteiger partial charge in [0.15, 0.2) is 0 Å². The number of amides is 3. The minimum absolute atomic E-state index is 0.139. The van der Waals surface area contributed by atoms with Crippen molar-refractivity contribution in [1.82, 2.24) is 16.2 Å². The Kier molecular flexibility index (Phi) is 6.91. The molecule has 1 heterocycles. The molecule has 138 valence electrons. The van der Waals surface area contributed by atoms with Crippen molar-refractivity contribution in [2.24, 2.45) is 5.92 Å². The summed E-state index contributed by atoms with van der Waals surface area (Å²) in [6.45, 7) is 5.68. The molecule has 7 heteroatoms. The predicted octanol–water partition coefficient (Wildman–Crippen LogP) is 2.53. The SMILES string of the molecule is CCc1ccc(C(=O)NNC(=O)C(NC(=O)c2cccs2)C(C)C)cc1. The van der Waals surface area contributed by atoms with Crippen LogP contribution in [0.3, 0.4) is 0 Å². The molecule has 6 nitrogen and oxygen atoms in total. The predicted molar refractivity (Wildman–Crippen MR) is 102 cm³/mol. The number of nitrogens with one attached hydrogen (secondary N) is 3. The first-order valence-corrected chi connectivity index (χ1v) is 9.33. The molecule has 2 rings (SSSR count). The molecule has 0 spiro atoms. The van der Waals surface area contributed by atoms with Gasteiger partial charge in [-0.25, -0.2) is 0 Å². The first-order chi connectivity index (χ1) is 12.4. The van der Waals surface area contributed by atoms with Crippen LogP contribution in [-0.4, -0.2) is 23.8 Å². The lowest BCUT2D eigenvalue weighted by atomic mass is 10.0. The summed E-state index contributed by atoms with van der Waals surface area (Å²) < 4.78 is 0. The van der Waals surface area contributed by atoms with E-state index in [2.05, 4.69) is 16.2 Å². The van der Waals surface area contributed by atoms with Gasteiger partial charge in [-0.05, 0) is 41.5 Å². The van der Waals surface area contributed by atoms with Gasteiger partial charge in [0, 0.05) is 5.56 Å². The van der Waals surface area contributed by atoms with Crippen molar-refractivity contribution in [2.75, 3.05) is 0 Å². The summed E-state index contributed by atoms with van der Waals surface area (Å²) in [4.78, 5) is 37.2. The van der Waals surface area contributed by atoms with Gasteiger partial charge < -0.3 is 5.32 Å². The first-order valence-electron chi connectivity index (χ1n) is 8.45. The standard InChI is InChI=1S/C19H23N3O3S/c1-4-13-7-9-14(10-8-13)17(23)21-22-19(25)16(12(2)3)20-18(24)15-6-5-11-26-15/h5-12,16H,4H2,1-3H3,(H,20,24)(H,21,23)(H,22,25). The molecule has 0 aliphatic rings. The van der Waals surface area contributed by atoms with E-state index in [-0.39, 0.29) is 11.8 Å². The maximum absolute atomic E-state index is 12.4. The summed E-state index contributed by atoms with van der Waals surface area (Å²) in [5, 5.41) is 4.50. The van der Waals surface area contributed by atoms with Crippen LogP contribution in [0, 0.1) is 5.92 Å². The maximum atomic E-state index is 12.4. The van der Waals surface area contributed by atoms with Crippen molar-refractivity contribution in [3.05, 3.63) is 57.8 Å². The van der Waals surface area contributed by atoms with Gasteiger partial charge in [-0.2, -0.15) is 0 Å². The van der Waals surface area contributed by atoms with Crippen LogP contribution < -0.4 is 16.2 Å². The first kappa shape index (κ1) is 19.7. The molecule has 26 heavy (non-hydrogen) atoms. The summed E-state index contributed by atoms with van der Waals surface area (Å²) in [5.74, 6) is -1.33. The summed E-state index contributed by atoms with van der Waals surface area (Å²) in [7, 11) is 0. The zero-order chi connectivity index (χ0) is 19.1.